The minimum absolute atomic E-state index is 0.00917. The van der Waals surface area contributed by atoms with Crippen LogP contribution in [0.25, 0.3) is 0 Å². The summed E-state index contributed by atoms with van der Waals surface area (Å²) in [6.07, 6.45) is -1.55. The molecule has 0 spiro atoms. The Morgan fingerprint density at radius 2 is 1.79 bits per heavy atom. The minimum Gasteiger partial charge on any atom is -0.372 e. The minimum atomic E-state index is -4.23. The predicted molar refractivity (Wildman–Crippen MR) is 72.2 cm³/mol. The van der Waals surface area contributed by atoms with Gasteiger partial charge in [0.05, 0.1) is 0 Å². The maximum absolute atomic E-state index is 12.0. The van der Waals surface area contributed by atoms with E-state index in [1.54, 1.807) is 0 Å². The first-order chi connectivity index (χ1) is 8.68. The van der Waals surface area contributed by atoms with E-state index in [-0.39, 0.29) is 12.0 Å². The number of hydrogen-bond acceptors (Lipinski definition) is 2. The summed E-state index contributed by atoms with van der Waals surface area (Å²) >= 11 is 0. The molecule has 0 bridgehead atoms. The van der Waals surface area contributed by atoms with Gasteiger partial charge >= 0.3 is 6.18 Å². The van der Waals surface area contributed by atoms with E-state index >= 15 is 0 Å². The van der Waals surface area contributed by atoms with Gasteiger partial charge in [0, 0.05) is 13.2 Å². The smallest absolute Gasteiger partial charge is 0.372 e. The van der Waals surface area contributed by atoms with Crippen LogP contribution in [-0.2, 0) is 4.74 Å². The Morgan fingerprint density at radius 3 is 2.26 bits per heavy atom. The summed E-state index contributed by atoms with van der Waals surface area (Å²) in [7, 11) is 0. The SMILES string of the molecule is CCCC(C)(CCOCC(F)(F)F)CNCC(C)C. The largest absolute Gasteiger partial charge is 0.411 e. The summed E-state index contributed by atoms with van der Waals surface area (Å²) in [5.41, 5.74) is 0.00917. The van der Waals surface area contributed by atoms with E-state index in [9.17, 15) is 13.2 Å². The zero-order valence-corrected chi connectivity index (χ0v) is 12.6. The molecule has 0 fully saturated rings. The van der Waals surface area contributed by atoms with Gasteiger partial charge in [0.25, 0.3) is 0 Å². The first-order valence-corrected chi connectivity index (χ1v) is 7.04. The van der Waals surface area contributed by atoms with Crippen LogP contribution < -0.4 is 5.32 Å². The van der Waals surface area contributed by atoms with Crippen LogP contribution in [0.3, 0.4) is 0 Å². The highest BCUT2D eigenvalue weighted by atomic mass is 19.4. The fourth-order valence-electron chi connectivity index (χ4n) is 2.07. The summed E-state index contributed by atoms with van der Waals surface area (Å²) in [4.78, 5) is 0. The lowest BCUT2D eigenvalue weighted by atomic mass is 9.82. The molecule has 0 radical (unpaired) electrons. The van der Waals surface area contributed by atoms with Crippen LogP contribution in [0, 0.1) is 11.3 Å². The van der Waals surface area contributed by atoms with Gasteiger partial charge in [-0.2, -0.15) is 13.2 Å². The van der Waals surface area contributed by atoms with Crippen molar-refractivity contribution in [3.63, 3.8) is 0 Å². The summed E-state index contributed by atoms with van der Waals surface area (Å²) < 4.78 is 40.6. The van der Waals surface area contributed by atoms with Crippen molar-refractivity contribution in [2.75, 3.05) is 26.3 Å². The molecule has 116 valence electrons. The van der Waals surface area contributed by atoms with Gasteiger partial charge in [-0.15, -0.1) is 0 Å². The van der Waals surface area contributed by atoms with Gasteiger partial charge in [-0.1, -0.05) is 34.1 Å². The molecule has 0 aromatic heterocycles. The van der Waals surface area contributed by atoms with Gasteiger partial charge in [0.2, 0.25) is 0 Å². The maximum atomic E-state index is 12.0. The van der Waals surface area contributed by atoms with E-state index in [0.29, 0.717) is 12.3 Å². The topological polar surface area (TPSA) is 21.3 Å². The van der Waals surface area contributed by atoms with Crippen LogP contribution >= 0.6 is 0 Å². The molecule has 0 aliphatic carbocycles. The third-order valence-corrected chi connectivity index (χ3v) is 3.07. The number of halogens is 3. The first-order valence-electron chi connectivity index (χ1n) is 7.04. The van der Waals surface area contributed by atoms with Gasteiger partial charge in [0.1, 0.15) is 6.61 Å². The quantitative estimate of drug-likeness (QED) is 0.612. The number of nitrogens with one attached hydrogen (secondary N) is 1. The van der Waals surface area contributed by atoms with Crippen molar-refractivity contribution in [2.45, 2.75) is 53.1 Å². The molecule has 1 atom stereocenters. The second-order valence-electron chi connectivity index (χ2n) is 6.00. The Bertz CT molecular complexity index is 231. The fraction of sp³-hybridized carbons (Fsp3) is 1.00. The van der Waals surface area contributed by atoms with Gasteiger partial charge in [-0.3, -0.25) is 0 Å². The van der Waals surface area contributed by atoms with Crippen LogP contribution in [-0.4, -0.2) is 32.5 Å². The number of rotatable bonds is 10. The Labute approximate surface area is 115 Å². The van der Waals surface area contributed by atoms with Gasteiger partial charge in [0.15, 0.2) is 0 Å². The average Bonchev–Trinajstić information content (AvgIpc) is 2.23. The highest BCUT2D eigenvalue weighted by Gasteiger charge is 2.28. The average molecular weight is 283 g/mol. The van der Waals surface area contributed by atoms with E-state index in [4.69, 9.17) is 4.74 Å². The maximum Gasteiger partial charge on any atom is 0.411 e. The molecule has 0 aliphatic rings. The monoisotopic (exact) mass is 283 g/mol. The zero-order chi connectivity index (χ0) is 14.9. The molecule has 0 amide bonds. The lowest BCUT2D eigenvalue weighted by molar-refractivity contribution is -0.175. The molecule has 0 aliphatic heterocycles. The molecule has 1 unspecified atom stereocenters. The van der Waals surface area contributed by atoms with Crippen molar-refractivity contribution in [2.24, 2.45) is 11.3 Å². The summed E-state index contributed by atoms with van der Waals surface area (Å²) in [5.74, 6) is 0.576. The van der Waals surface area contributed by atoms with Crippen LogP contribution in [0.4, 0.5) is 13.2 Å². The predicted octanol–water partition coefficient (Wildman–Crippen LogP) is 4.01. The Kier molecular flexibility index (Phi) is 8.66. The van der Waals surface area contributed by atoms with Crippen LogP contribution in [0.1, 0.15) is 47.0 Å². The molecule has 0 saturated carbocycles. The van der Waals surface area contributed by atoms with Crippen molar-refractivity contribution in [1.29, 1.82) is 0 Å². The number of alkyl halides is 3. The third-order valence-electron chi connectivity index (χ3n) is 3.07. The highest BCUT2D eigenvalue weighted by Crippen LogP contribution is 2.27. The Hall–Kier alpha value is -0.290. The molecule has 1 N–H and O–H groups in total. The summed E-state index contributed by atoms with van der Waals surface area (Å²) in [6, 6.07) is 0. The third kappa shape index (κ3) is 11.3. The molecule has 2 nitrogen and oxygen atoms in total. The van der Waals surface area contributed by atoms with Crippen LogP contribution in [0.15, 0.2) is 0 Å². The molecule has 0 aromatic carbocycles. The second kappa shape index (κ2) is 8.80. The molecular weight excluding hydrogens is 255 g/mol. The van der Waals surface area contributed by atoms with Crippen molar-refractivity contribution in [3.05, 3.63) is 0 Å². The molecule has 5 heteroatoms. The molecular formula is C14H28F3NO. The zero-order valence-electron chi connectivity index (χ0n) is 12.6. The van der Waals surface area contributed by atoms with Crippen molar-refractivity contribution >= 4 is 0 Å². The fourth-order valence-corrected chi connectivity index (χ4v) is 2.07. The number of hydrogen-bond donors (Lipinski definition) is 1. The summed E-state index contributed by atoms with van der Waals surface area (Å²) in [6.45, 7) is 9.26. The normalized spacial score (nSPS) is 15.8. The van der Waals surface area contributed by atoms with E-state index in [2.05, 4.69) is 33.0 Å². The molecule has 0 rings (SSSR count). The Morgan fingerprint density at radius 1 is 1.16 bits per heavy atom. The summed E-state index contributed by atoms with van der Waals surface area (Å²) in [5, 5.41) is 3.39. The van der Waals surface area contributed by atoms with E-state index in [1.807, 2.05) is 0 Å². The highest BCUT2D eigenvalue weighted by molar-refractivity contribution is 4.77. The lowest BCUT2D eigenvalue weighted by Gasteiger charge is -2.30. The van der Waals surface area contributed by atoms with Gasteiger partial charge in [-0.05, 0) is 30.7 Å². The second-order valence-corrected chi connectivity index (χ2v) is 6.00. The van der Waals surface area contributed by atoms with Crippen molar-refractivity contribution < 1.29 is 17.9 Å². The van der Waals surface area contributed by atoms with Crippen LogP contribution in [0.2, 0.25) is 0 Å². The van der Waals surface area contributed by atoms with E-state index < -0.39 is 12.8 Å². The standard InChI is InChI=1S/C14H28F3NO/c1-5-6-13(4,10-18-9-12(2)3)7-8-19-11-14(15,16)17/h12,18H,5-11H2,1-4H3. The van der Waals surface area contributed by atoms with Gasteiger partial charge < -0.3 is 10.1 Å². The van der Waals surface area contributed by atoms with Crippen LogP contribution in [0.5, 0.6) is 0 Å². The Balaban J connectivity index is 4.00. The van der Waals surface area contributed by atoms with Gasteiger partial charge in [-0.25, -0.2) is 0 Å². The van der Waals surface area contributed by atoms with Crippen molar-refractivity contribution in [3.8, 4) is 0 Å². The first kappa shape index (κ1) is 18.7. The molecule has 0 aromatic rings. The van der Waals surface area contributed by atoms with Crippen molar-refractivity contribution in [1.82, 2.24) is 5.32 Å². The molecule has 0 saturated heterocycles. The molecule has 19 heavy (non-hydrogen) atoms. The number of ether oxygens (including phenoxy) is 1. The molecule has 0 heterocycles. The van der Waals surface area contributed by atoms with E-state index in [1.165, 1.54) is 0 Å². The van der Waals surface area contributed by atoms with E-state index in [0.717, 1.165) is 25.9 Å². The lowest BCUT2D eigenvalue weighted by Crippen LogP contribution is -2.35.